The predicted molar refractivity (Wildman–Crippen MR) is 106 cm³/mol. The molecule has 1 amide bonds. The van der Waals surface area contributed by atoms with E-state index in [0.717, 1.165) is 43.1 Å². The summed E-state index contributed by atoms with van der Waals surface area (Å²) in [5.41, 5.74) is 0.552. The van der Waals surface area contributed by atoms with Crippen LogP contribution < -0.4 is 15.6 Å². The number of nitrogens with two attached hydrogens (primary N) is 1. The molecule has 1 saturated carbocycles. The zero-order valence-electron chi connectivity index (χ0n) is 16.8. The summed E-state index contributed by atoms with van der Waals surface area (Å²) in [6.07, 6.45) is 10.00. The molecule has 0 aliphatic heterocycles. The zero-order chi connectivity index (χ0) is 21.3. The number of hydrogen-bond acceptors (Lipinski definition) is 8. The maximum Gasteiger partial charge on any atom is 0.278 e. The molecule has 0 atom stereocenters. The Bertz CT molecular complexity index is 1050. The summed E-state index contributed by atoms with van der Waals surface area (Å²) in [6.45, 7) is 0. The molecule has 0 saturated heterocycles. The maximum absolute atomic E-state index is 13.3. The minimum Gasteiger partial charge on any atom is -0.473 e. The number of aromatic nitrogens is 5. The number of fused-ring (bicyclic) bond motifs is 1. The monoisotopic (exact) mass is 414 g/mol. The molecule has 0 aromatic carbocycles. The number of rotatable bonds is 5. The Morgan fingerprint density at radius 3 is 2.70 bits per heavy atom. The topological polar surface area (TPSA) is 115 Å². The van der Waals surface area contributed by atoms with E-state index in [0.29, 0.717) is 6.04 Å². The standard InChI is InChI=1S/C19H23FN8O2/c1-26(2)13-3-5-14(6-4-13)30-18-16(9-22-11-24-18)28(21)19(29)15-8-25-27-10-12(20)7-23-17(15)27/h7-11,13-14H,3-6,21H2,1-2H3. The molecule has 1 fully saturated rings. The number of nitrogens with zero attached hydrogens (tertiary/aromatic N) is 7. The molecule has 0 unspecified atom stereocenters. The number of halogens is 1. The van der Waals surface area contributed by atoms with Crippen molar-refractivity contribution in [2.24, 2.45) is 5.84 Å². The average Bonchev–Trinajstić information content (AvgIpc) is 3.16. The van der Waals surface area contributed by atoms with Gasteiger partial charge in [0.15, 0.2) is 11.5 Å². The lowest BCUT2D eigenvalue weighted by molar-refractivity contribution is 0.0975. The van der Waals surface area contributed by atoms with Gasteiger partial charge in [0.05, 0.1) is 24.8 Å². The van der Waals surface area contributed by atoms with Crippen molar-refractivity contribution in [1.29, 1.82) is 0 Å². The fourth-order valence-electron chi connectivity index (χ4n) is 3.65. The Hall–Kier alpha value is -3.18. The van der Waals surface area contributed by atoms with Crippen LogP contribution in [0.5, 0.6) is 5.88 Å². The summed E-state index contributed by atoms with van der Waals surface area (Å²) in [5.74, 6) is 5.19. The second kappa shape index (κ2) is 8.28. The van der Waals surface area contributed by atoms with Gasteiger partial charge < -0.3 is 9.64 Å². The molecule has 3 aromatic heterocycles. The fraction of sp³-hybridized carbons (Fsp3) is 0.421. The van der Waals surface area contributed by atoms with Crippen LogP contribution in [0.15, 0.2) is 31.1 Å². The fourth-order valence-corrected chi connectivity index (χ4v) is 3.65. The van der Waals surface area contributed by atoms with E-state index in [-0.39, 0.29) is 28.9 Å². The average molecular weight is 414 g/mol. The van der Waals surface area contributed by atoms with Crippen molar-refractivity contribution >= 4 is 17.2 Å². The molecule has 11 heteroatoms. The van der Waals surface area contributed by atoms with E-state index >= 15 is 0 Å². The molecule has 1 aliphatic carbocycles. The molecule has 0 bridgehead atoms. The molecule has 30 heavy (non-hydrogen) atoms. The smallest absolute Gasteiger partial charge is 0.278 e. The van der Waals surface area contributed by atoms with Gasteiger partial charge in [-0.15, -0.1) is 0 Å². The highest BCUT2D eigenvalue weighted by Crippen LogP contribution is 2.30. The van der Waals surface area contributed by atoms with Crippen molar-refractivity contribution in [2.45, 2.75) is 37.8 Å². The number of hydrogen-bond donors (Lipinski definition) is 1. The minimum absolute atomic E-state index is 0.0139. The SMILES string of the molecule is CN(C)C1CCC(Oc2ncncc2N(N)C(=O)c2cnn3cc(F)cnc23)CC1. The Morgan fingerprint density at radius 1 is 1.20 bits per heavy atom. The first-order chi connectivity index (χ1) is 14.4. The first kappa shape index (κ1) is 20.1. The minimum atomic E-state index is -0.583. The Morgan fingerprint density at radius 2 is 1.97 bits per heavy atom. The van der Waals surface area contributed by atoms with Crippen LogP contribution in [0, 0.1) is 5.82 Å². The molecule has 2 N–H and O–H groups in total. The third kappa shape index (κ3) is 3.94. The number of ether oxygens (including phenoxy) is 1. The van der Waals surface area contributed by atoms with Gasteiger partial charge in [-0.2, -0.15) is 10.1 Å². The van der Waals surface area contributed by atoms with Gasteiger partial charge in [0.2, 0.25) is 5.88 Å². The number of amides is 1. The van der Waals surface area contributed by atoms with Crippen LogP contribution in [-0.4, -0.2) is 61.6 Å². The molecular formula is C19H23FN8O2. The highest BCUT2D eigenvalue weighted by atomic mass is 19.1. The normalized spacial score (nSPS) is 19.2. The quantitative estimate of drug-likeness (QED) is 0.379. The summed E-state index contributed by atoms with van der Waals surface area (Å²) < 4.78 is 20.6. The van der Waals surface area contributed by atoms with Crippen molar-refractivity contribution < 1.29 is 13.9 Å². The van der Waals surface area contributed by atoms with Crippen LogP contribution in [0.4, 0.5) is 10.1 Å². The first-order valence-corrected chi connectivity index (χ1v) is 9.65. The van der Waals surface area contributed by atoms with Crippen LogP contribution in [0.2, 0.25) is 0 Å². The molecule has 158 valence electrons. The van der Waals surface area contributed by atoms with Gasteiger partial charge in [0, 0.05) is 6.04 Å². The van der Waals surface area contributed by atoms with Crippen LogP contribution in [0.25, 0.3) is 5.65 Å². The van der Waals surface area contributed by atoms with Gasteiger partial charge in [-0.3, -0.25) is 4.79 Å². The molecule has 3 aromatic rings. The number of carbonyl (C=O) groups excluding carboxylic acids is 1. The van der Waals surface area contributed by atoms with E-state index in [1.807, 2.05) is 0 Å². The lowest BCUT2D eigenvalue weighted by Gasteiger charge is -2.33. The third-order valence-corrected chi connectivity index (χ3v) is 5.34. The van der Waals surface area contributed by atoms with Crippen molar-refractivity contribution in [3.63, 3.8) is 0 Å². The van der Waals surface area contributed by atoms with E-state index in [1.54, 1.807) is 0 Å². The first-order valence-electron chi connectivity index (χ1n) is 9.65. The Kier molecular flexibility index (Phi) is 5.55. The molecule has 3 heterocycles. The van der Waals surface area contributed by atoms with Gasteiger partial charge in [-0.25, -0.2) is 29.7 Å². The van der Waals surface area contributed by atoms with Crippen molar-refractivity contribution in [3.8, 4) is 5.88 Å². The highest BCUT2D eigenvalue weighted by molar-refractivity contribution is 6.09. The molecule has 10 nitrogen and oxygen atoms in total. The van der Waals surface area contributed by atoms with E-state index < -0.39 is 11.7 Å². The van der Waals surface area contributed by atoms with Gasteiger partial charge in [-0.05, 0) is 39.8 Å². The molecule has 0 spiro atoms. The van der Waals surface area contributed by atoms with E-state index in [4.69, 9.17) is 10.6 Å². The lowest BCUT2D eigenvalue weighted by Crippen LogP contribution is -2.39. The van der Waals surface area contributed by atoms with Crippen LogP contribution in [0.3, 0.4) is 0 Å². The summed E-state index contributed by atoms with van der Waals surface area (Å²) in [7, 11) is 4.16. The van der Waals surface area contributed by atoms with Crippen molar-refractivity contribution in [1.82, 2.24) is 29.5 Å². The summed E-state index contributed by atoms with van der Waals surface area (Å²) >= 11 is 0. The van der Waals surface area contributed by atoms with Crippen LogP contribution >= 0.6 is 0 Å². The second-order valence-electron chi connectivity index (χ2n) is 7.50. The number of hydrazine groups is 1. The van der Waals surface area contributed by atoms with E-state index in [2.05, 4.69) is 39.0 Å². The largest absolute Gasteiger partial charge is 0.473 e. The summed E-state index contributed by atoms with van der Waals surface area (Å²) in [5, 5.41) is 4.86. The number of anilines is 1. The van der Waals surface area contributed by atoms with Gasteiger partial charge >= 0.3 is 0 Å². The van der Waals surface area contributed by atoms with E-state index in [9.17, 15) is 9.18 Å². The lowest BCUT2D eigenvalue weighted by atomic mass is 9.92. The van der Waals surface area contributed by atoms with Gasteiger partial charge in [0.25, 0.3) is 5.91 Å². The van der Waals surface area contributed by atoms with Crippen LogP contribution in [-0.2, 0) is 0 Å². The highest BCUT2D eigenvalue weighted by Gasteiger charge is 2.27. The number of carbonyl (C=O) groups is 1. The van der Waals surface area contributed by atoms with Gasteiger partial charge in [0.1, 0.15) is 23.7 Å². The summed E-state index contributed by atoms with van der Waals surface area (Å²) in [4.78, 5) is 27.3. The zero-order valence-corrected chi connectivity index (χ0v) is 16.8. The molecule has 1 aliphatic rings. The molecule has 0 radical (unpaired) electrons. The Balaban J connectivity index is 1.53. The molecule has 4 rings (SSSR count). The third-order valence-electron chi connectivity index (χ3n) is 5.34. The predicted octanol–water partition coefficient (Wildman–Crippen LogP) is 1.43. The van der Waals surface area contributed by atoms with Gasteiger partial charge in [-0.1, -0.05) is 0 Å². The van der Waals surface area contributed by atoms with Crippen molar-refractivity contribution in [3.05, 3.63) is 42.5 Å². The Labute approximate surface area is 172 Å². The second-order valence-corrected chi connectivity index (χ2v) is 7.50. The van der Waals surface area contributed by atoms with Crippen molar-refractivity contribution in [2.75, 3.05) is 19.1 Å². The van der Waals surface area contributed by atoms with Crippen LogP contribution in [0.1, 0.15) is 36.0 Å². The van der Waals surface area contributed by atoms with E-state index in [1.165, 1.54) is 23.2 Å². The summed E-state index contributed by atoms with van der Waals surface area (Å²) in [6, 6.07) is 0.537. The molecular weight excluding hydrogens is 391 g/mol. The maximum atomic E-state index is 13.3.